The van der Waals surface area contributed by atoms with Gasteiger partial charge < -0.3 is 0 Å². The minimum atomic E-state index is -2.69. The molecule has 0 atom stereocenters. The molecule has 0 aromatic rings. The molecule has 48 valence electrons. The van der Waals surface area contributed by atoms with Gasteiger partial charge in [0, 0.05) is 5.92 Å². The Kier molecular flexibility index (Phi) is 2.13. The maximum atomic E-state index is 12.2. The first-order valence-electron chi connectivity index (χ1n) is 2.52. The molecule has 0 bridgehead atoms. The summed E-state index contributed by atoms with van der Waals surface area (Å²) in [6.45, 7) is 5.92. The molecule has 0 fully saturated rings. The predicted octanol–water partition coefficient (Wildman–Crippen LogP) is 2.46. The van der Waals surface area contributed by atoms with Crippen LogP contribution in [0.3, 0.4) is 0 Å². The first kappa shape index (κ1) is 7.60. The number of allylic oxidation sites excluding steroid dienone is 1. The molecular weight excluding hydrogens is 110 g/mol. The van der Waals surface area contributed by atoms with E-state index in [2.05, 4.69) is 6.58 Å². The van der Waals surface area contributed by atoms with E-state index < -0.39 is 11.8 Å². The van der Waals surface area contributed by atoms with Gasteiger partial charge in [0.2, 0.25) is 0 Å². The summed E-state index contributed by atoms with van der Waals surface area (Å²) in [5.41, 5.74) is 0. The van der Waals surface area contributed by atoms with Gasteiger partial charge in [-0.1, -0.05) is 20.4 Å². The zero-order valence-electron chi connectivity index (χ0n) is 5.12. The minimum absolute atomic E-state index is 0.639. The second-order valence-corrected chi connectivity index (χ2v) is 2.03. The van der Waals surface area contributed by atoms with E-state index in [0.29, 0.717) is 6.08 Å². The average molecular weight is 120 g/mol. The first-order chi connectivity index (χ1) is 3.50. The van der Waals surface area contributed by atoms with Crippen molar-refractivity contribution in [1.82, 2.24) is 0 Å². The Bertz CT molecular complexity index is 84.5. The summed E-state index contributed by atoms with van der Waals surface area (Å²) in [6, 6.07) is 0. The lowest BCUT2D eigenvalue weighted by Gasteiger charge is -2.14. The number of halogens is 2. The normalized spacial score (nSPS) is 12.1. The lowest BCUT2D eigenvalue weighted by atomic mass is 10.1. The molecule has 0 spiro atoms. The predicted molar refractivity (Wildman–Crippen MR) is 30.0 cm³/mol. The third kappa shape index (κ3) is 1.60. The van der Waals surface area contributed by atoms with E-state index in [0.717, 1.165) is 0 Å². The summed E-state index contributed by atoms with van der Waals surface area (Å²) in [4.78, 5) is 0. The van der Waals surface area contributed by atoms with E-state index in [1.165, 1.54) is 13.8 Å². The molecular formula is C6H10F2. The lowest BCUT2D eigenvalue weighted by Crippen LogP contribution is -2.19. The summed E-state index contributed by atoms with van der Waals surface area (Å²) in [5.74, 6) is -3.33. The molecule has 0 heterocycles. The van der Waals surface area contributed by atoms with Crippen LogP contribution in [-0.2, 0) is 0 Å². The number of hydrogen-bond acceptors (Lipinski definition) is 0. The molecule has 0 N–H and O–H groups in total. The molecule has 0 aliphatic rings. The highest BCUT2D eigenvalue weighted by molar-refractivity contribution is 4.88. The van der Waals surface area contributed by atoms with Crippen LogP contribution in [0.15, 0.2) is 12.7 Å². The zero-order chi connectivity index (χ0) is 6.78. The van der Waals surface area contributed by atoms with Crippen LogP contribution in [0.5, 0.6) is 0 Å². The van der Waals surface area contributed by atoms with Crippen LogP contribution in [0.25, 0.3) is 0 Å². The van der Waals surface area contributed by atoms with Crippen LogP contribution in [0.2, 0.25) is 0 Å². The van der Waals surface area contributed by atoms with Gasteiger partial charge in [-0.3, -0.25) is 0 Å². The van der Waals surface area contributed by atoms with Crippen LogP contribution < -0.4 is 0 Å². The fourth-order valence-electron chi connectivity index (χ4n) is 0.236. The summed E-state index contributed by atoms with van der Waals surface area (Å²) in [5, 5.41) is 0. The van der Waals surface area contributed by atoms with Gasteiger partial charge in [-0.15, -0.1) is 0 Å². The van der Waals surface area contributed by atoms with Crippen molar-refractivity contribution >= 4 is 0 Å². The molecule has 0 nitrogen and oxygen atoms in total. The summed E-state index contributed by atoms with van der Waals surface area (Å²) in [6.07, 6.45) is 0.678. The van der Waals surface area contributed by atoms with Gasteiger partial charge in [-0.2, -0.15) is 0 Å². The van der Waals surface area contributed by atoms with Gasteiger partial charge in [-0.25, -0.2) is 8.78 Å². The monoisotopic (exact) mass is 120 g/mol. The van der Waals surface area contributed by atoms with Crippen LogP contribution in [0, 0.1) is 5.92 Å². The summed E-state index contributed by atoms with van der Waals surface area (Å²) >= 11 is 0. The van der Waals surface area contributed by atoms with Gasteiger partial charge in [0.05, 0.1) is 0 Å². The third-order valence-electron chi connectivity index (χ3n) is 1.04. The van der Waals surface area contributed by atoms with E-state index in [-0.39, 0.29) is 0 Å². The standard InChI is InChI=1S/C6H10F2/c1-4-6(7,8)5(2)3/h4-5H,1H2,2-3H3. The summed E-state index contributed by atoms with van der Waals surface area (Å²) < 4.78 is 24.3. The topological polar surface area (TPSA) is 0 Å². The fraction of sp³-hybridized carbons (Fsp3) is 0.667. The van der Waals surface area contributed by atoms with E-state index in [4.69, 9.17) is 0 Å². The van der Waals surface area contributed by atoms with Crippen molar-refractivity contribution in [2.75, 3.05) is 0 Å². The minimum Gasteiger partial charge on any atom is -0.202 e. The summed E-state index contributed by atoms with van der Waals surface area (Å²) in [7, 11) is 0. The molecule has 0 unspecified atom stereocenters. The van der Waals surface area contributed by atoms with E-state index >= 15 is 0 Å². The maximum Gasteiger partial charge on any atom is 0.268 e. The molecule has 0 aliphatic carbocycles. The van der Waals surface area contributed by atoms with E-state index in [1.54, 1.807) is 0 Å². The van der Waals surface area contributed by atoms with Crippen molar-refractivity contribution in [2.24, 2.45) is 5.92 Å². The smallest absolute Gasteiger partial charge is 0.202 e. The molecule has 0 amide bonds. The number of rotatable bonds is 2. The van der Waals surface area contributed by atoms with Gasteiger partial charge >= 0.3 is 0 Å². The highest BCUT2D eigenvalue weighted by Crippen LogP contribution is 2.23. The Morgan fingerprint density at radius 1 is 1.50 bits per heavy atom. The molecule has 0 saturated carbocycles. The second kappa shape index (κ2) is 2.25. The maximum absolute atomic E-state index is 12.2. The van der Waals surface area contributed by atoms with Gasteiger partial charge in [-0.05, 0) is 6.08 Å². The molecule has 0 rings (SSSR count). The highest BCUT2D eigenvalue weighted by atomic mass is 19.3. The van der Waals surface area contributed by atoms with E-state index in [9.17, 15) is 8.78 Å². The Balaban J connectivity index is 3.90. The highest BCUT2D eigenvalue weighted by Gasteiger charge is 2.28. The van der Waals surface area contributed by atoms with Gasteiger partial charge in [0.25, 0.3) is 5.92 Å². The zero-order valence-corrected chi connectivity index (χ0v) is 5.12. The number of hydrogen-bond donors (Lipinski definition) is 0. The molecule has 8 heavy (non-hydrogen) atoms. The fourth-order valence-corrected chi connectivity index (χ4v) is 0.236. The molecule has 0 aromatic carbocycles. The number of alkyl halides is 2. The quantitative estimate of drug-likeness (QED) is 0.491. The van der Waals surface area contributed by atoms with Crippen LogP contribution in [0.1, 0.15) is 13.8 Å². The second-order valence-electron chi connectivity index (χ2n) is 2.03. The lowest BCUT2D eigenvalue weighted by molar-refractivity contribution is 0.00666. The van der Waals surface area contributed by atoms with Crippen molar-refractivity contribution in [2.45, 2.75) is 19.8 Å². The molecule has 0 saturated heterocycles. The molecule has 0 aliphatic heterocycles. The van der Waals surface area contributed by atoms with Crippen molar-refractivity contribution in [3.63, 3.8) is 0 Å². The van der Waals surface area contributed by atoms with Crippen molar-refractivity contribution < 1.29 is 8.78 Å². The van der Waals surface area contributed by atoms with Crippen LogP contribution in [-0.4, -0.2) is 5.92 Å². The van der Waals surface area contributed by atoms with Crippen LogP contribution >= 0.6 is 0 Å². The first-order valence-corrected chi connectivity index (χ1v) is 2.52. The van der Waals surface area contributed by atoms with E-state index in [1.807, 2.05) is 0 Å². The average Bonchev–Trinajstić information content (AvgIpc) is 1.67. The molecule has 0 aromatic heterocycles. The molecule has 2 heteroatoms. The van der Waals surface area contributed by atoms with Crippen molar-refractivity contribution in [1.29, 1.82) is 0 Å². The largest absolute Gasteiger partial charge is 0.268 e. The van der Waals surface area contributed by atoms with Crippen molar-refractivity contribution in [3.05, 3.63) is 12.7 Å². The van der Waals surface area contributed by atoms with Crippen molar-refractivity contribution in [3.8, 4) is 0 Å². The Morgan fingerprint density at radius 2 is 1.88 bits per heavy atom. The van der Waals surface area contributed by atoms with Crippen LogP contribution in [0.4, 0.5) is 8.78 Å². The Labute approximate surface area is 48.2 Å². The van der Waals surface area contributed by atoms with Gasteiger partial charge in [0.15, 0.2) is 0 Å². The Morgan fingerprint density at radius 3 is 1.88 bits per heavy atom. The third-order valence-corrected chi connectivity index (χ3v) is 1.04. The van der Waals surface area contributed by atoms with Gasteiger partial charge in [0.1, 0.15) is 0 Å². The Hall–Kier alpha value is -0.400. The SMILES string of the molecule is C=CC(F)(F)C(C)C. The molecule has 0 radical (unpaired) electrons.